The predicted octanol–water partition coefficient (Wildman–Crippen LogP) is 4.05. The molecule has 0 aromatic carbocycles. The molecule has 0 radical (unpaired) electrons. The van der Waals surface area contributed by atoms with E-state index in [2.05, 4.69) is 32.9 Å². The molecule has 168 valence electrons. The smallest absolute Gasteiger partial charge is 0.232 e. The monoisotopic (exact) mass is 406 g/mol. The average Bonchev–Trinajstić information content (AvgIpc) is 3.58. The molecule has 6 N–H and O–H groups in total. The molecule has 1 aliphatic carbocycles. The summed E-state index contributed by atoms with van der Waals surface area (Å²) in [4.78, 5) is 14.8. The minimum Gasteiger partial charge on any atom is -0.336 e. The molecule has 0 bridgehead atoms. The average molecular weight is 407 g/mol. The van der Waals surface area contributed by atoms with Crippen molar-refractivity contribution in [3.63, 3.8) is 0 Å². The molecule has 2 fully saturated rings. The van der Waals surface area contributed by atoms with E-state index in [-0.39, 0.29) is 17.9 Å². The Morgan fingerprint density at radius 3 is 2.10 bits per heavy atom. The standard InChI is InChI=1S/C24H46N4O/c1-4-5-6-7-8-9-10-11-12-13-14-15-16-21(25)24(26,27)23(17-19(23)2)22(29)28-18-20(28)3/h11-12,19-21H,4-10,13-18,25-27H2,1-3H3/b12-11-. The van der Waals surface area contributed by atoms with Crippen molar-refractivity contribution in [1.82, 2.24) is 4.90 Å². The van der Waals surface area contributed by atoms with Crippen LogP contribution in [0.3, 0.4) is 0 Å². The molecule has 1 heterocycles. The van der Waals surface area contributed by atoms with Gasteiger partial charge in [-0.05, 0) is 51.4 Å². The minimum absolute atomic E-state index is 0.121. The zero-order valence-electron chi connectivity index (χ0n) is 19.2. The van der Waals surface area contributed by atoms with Gasteiger partial charge >= 0.3 is 0 Å². The Balaban J connectivity index is 1.62. The first-order chi connectivity index (χ1) is 13.8. The summed E-state index contributed by atoms with van der Waals surface area (Å²) in [7, 11) is 0. The van der Waals surface area contributed by atoms with Crippen molar-refractivity contribution in [2.24, 2.45) is 28.5 Å². The summed E-state index contributed by atoms with van der Waals surface area (Å²) in [5.74, 6) is 0.337. The van der Waals surface area contributed by atoms with Gasteiger partial charge in [0.15, 0.2) is 0 Å². The lowest BCUT2D eigenvalue weighted by molar-refractivity contribution is -0.135. The molecule has 5 nitrogen and oxygen atoms in total. The van der Waals surface area contributed by atoms with Crippen LogP contribution in [0.5, 0.6) is 0 Å². The maximum atomic E-state index is 12.9. The van der Waals surface area contributed by atoms with Gasteiger partial charge in [-0.2, -0.15) is 0 Å². The summed E-state index contributed by atoms with van der Waals surface area (Å²) in [5.41, 5.74) is 17.7. The molecule has 1 saturated heterocycles. The van der Waals surface area contributed by atoms with Crippen LogP contribution in [0.4, 0.5) is 0 Å². The van der Waals surface area contributed by atoms with Crippen LogP contribution in [0.15, 0.2) is 12.2 Å². The molecular weight excluding hydrogens is 360 g/mol. The molecule has 0 aromatic rings. The van der Waals surface area contributed by atoms with Crippen LogP contribution < -0.4 is 17.2 Å². The number of hydrogen-bond acceptors (Lipinski definition) is 4. The summed E-state index contributed by atoms with van der Waals surface area (Å²) in [6.07, 6.45) is 18.6. The molecular formula is C24H46N4O. The van der Waals surface area contributed by atoms with Gasteiger partial charge < -0.3 is 22.1 Å². The van der Waals surface area contributed by atoms with E-state index < -0.39 is 11.1 Å². The fourth-order valence-electron chi connectivity index (χ4n) is 4.76. The number of amides is 1. The summed E-state index contributed by atoms with van der Waals surface area (Å²) < 4.78 is 0. The van der Waals surface area contributed by atoms with Crippen molar-refractivity contribution >= 4 is 5.91 Å². The molecule has 4 unspecified atom stereocenters. The van der Waals surface area contributed by atoms with E-state index in [4.69, 9.17) is 17.2 Å². The zero-order chi connectivity index (χ0) is 21.5. The Labute approximate surface area is 178 Å². The topological polar surface area (TPSA) is 98.1 Å². The second-order valence-electron chi connectivity index (χ2n) is 9.73. The van der Waals surface area contributed by atoms with Crippen LogP contribution in [0.1, 0.15) is 97.8 Å². The van der Waals surface area contributed by atoms with Crippen molar-refractivity contribution in [1.29, 1.82) is 0 Å². The largest absolute Gasteiger partial charge is 0.336 e. The lowest BCUT2D eigenvalue weighted by Gasteiger charge is -2.39. The van der Waals surface area contributed by atoms with Gasteiger partial charge in [-0.25, -0.2) is 0 Å². The van der Waals surface area contributed by atoms with Crippen LogP contribution in [-0.2, 0) is 4.79 Å². The van der Waals surface area contributed by atoms with Gasteiger partial charge in [0.1, 0.15) is 0 Å². The van der Waals surface area contributed by atoms with E-state index in [9.17, 15) is 4.79 Å². The third kappa shape index (κ3) is 6.05. The fraction of sp³-hybridized carbons (Fsp3) is 0.875. The van der Waals surface area contributed by atoms with E-state index in [1.807, 2.05) is 4.90 Å². The second kappa shape index (κ2) is 10.9. The molecule has 2 rings (SSSR count). The first kappa shape index (κ1) is 24.4. The Bertz CT molecular complexity index is 547. The molecule has 0 spiro atoms. The van der Waals surface area contributed by atoms with Gasteiger partial charge in [0.25, 0.3) is 0 Å². The van der Waals surface area contributed by atoms with Gasteiger partial charge in [-0.15, -0.1) is 0 Å². The molecule has 2 aliphatic rings. The van der Waals surface area contributed by atoms with Crippen LogP contribution in [0.25, 0.3) is 0 Å². The highest BCUT2D eigenvalue weighted by molar-refractivity contribution is 5.89. The van der Waals surface area contributed by atoms with Crippen molar-refractivity contribution in [2.45, 2.75) is 116 Å². The summed E-state index contributed by atoms with van der Waals surface area (Å²) in [6.45, 7) is 7.21. The van der Waals surface area contributed by atoms with E-state index in [0.717, 1.165) is 38.6 Å². The van der Waals surface area contributed by atoms with Gasteiger partial charge in [-0.3, -0.25) is 4.79 Å². The lowest BCUT2D eigenvalue weighted by Crippen LogP contribution is -2.70. The summed E-state index contributed by atoms with van der Waals surface area (Å²) >= 11 is 0. The molecule has 1 aliphatic heterocycles. The number of carbonyl (C=O) groups excluding carboxylic acids is 1. The quantitative estimate of drug-likeness (QED) is 0.165. The van der Waals surface area contributed by atoms with Gasteiger partial charge in [-0.1, -0.05) is 64.5 Å². The normalized spacial score (nSPS) is 27.4. The van der Waals surface area contributed by atoms with Crippen molar-refractivity contribution in [2.75, 3.05) is 6.54 Å². The van der Waals surface area contributed by atoms with Gasteiger partial charge in [0, 0.05) is 18.6 Å². The fourth-order valence-corrected chi connectivity index (χ4v) is 4.76. The molecule has 1 saturated carbocycles. The van der Waals surface area contributed by atoms with Crippen LogP contribution >= 0.6 is 0 Å². The van der Waals surface area contributed by atoms with Crippen LogP contribution in [0, 0.1) is 11.3 Å². The van der Waals surface area contributed by atoms with Crippen LogP contribution in [-0.4, -0.2) is 35.1 Å². The van der Waals surface area contributed by atoms with Crippen molar-refractivity contribution < 1.29 is 4.79 Å². The zero-order valence-corrected chi connectivity index (χ0v) is 19.2. The van der Waals surface area contributed by atoms with Crippen molar-refractivity contribution in [3.8, 4) is 0 Å². The van der Waals surface area contributed by atoms with E-state index in [0.29, 0.717) is 6.04 Å². The first-order valence-corrected chi connectivity index (χ1v) is 12.1. The number of hydrogen-bond donors (Lipinski definition) is 3. The van der Waals surface area contributed by atoms with E-state index >= 15 is 0 Å². The molecule has 5 heteroatoms. The third-order valence-electron chi connectivity index (χ3n) is 7.22. The van der Waals surface area contributed by atoms with Gasteiger partial charge in [0.05, 0.1) is 11.1 Å². The Morgan fingerprint density at radius 2 is 1.59 bits per heavy atom. The lowest BCUT2D eigenvalue weighted by atomic mass is 9.80. The van der Waals surface area contributed by atoms with Crippen molar-refractivity contribution in [3.05, 3.63) is 12.2 Å². The highest BCUT2D eigenvalue weighted by atomic mass is 16.2. The molecule has 4 atom stereocenters. The Kier molecular flexibility index (Phi) is 9.17. The number of nitrogens with zero attached hydrogens (tertiary/aromatic N) is 1. The van der Waals surface area contributed by atoms with Crippen LogP contribution in [0.2, 0.25) is 0 Å². The SMILES string of the molecule is CCCCCCCC/C=C\CCCCC(N)C(N)(N)C1(C(=O)N2CC2C)CC1C. The Hall–Kier alpha value is -0.910. The number of rotatable bonds is 15. The second-order valence-corrected chi connectivity index (χ2v) is 9.73. The maximum absolute atomic E-state index is 12.9. The number of nitrogens with two attached hydrogens (primary N) is 3. The van der Waals surface area contributed by atoms with E-state index in [1.54, 1.807) is 0 Å². The van der Waals surface area contributed by atoms with Gasteiger partial charge in [0.2, 0.25) is 5.91 Å². The first-order valence-electron chi connectivity index (χ1n) is 12.1. The predicted molar refractivity (Wildman–Crippen MR) is 122 cm³/mol. The minimum atomic E-state index is -1.13. The Morgan fingerprint density at radius 1 is 1.07 bits per heavy atom. The molecule has 1 amide bonds. The molecule has 29 heavy (non-hydrogen) atoms. The maximum Gasteiger partial charge on any atom is 0.232 e. The highest BCUT2D eigenvalue weighted by Gasteiger charge is 2.70. The number of unbranched alkanes of at least 4 members (excludes halogenated alkanes) is 8. The summed E-state index contributed by atoms with van der Waals surface area (Å²) in [6, 6.07) is -0.0268. The highest BCUT2D eigenvalue weighted by Crippen LogP contribution is 2.60. The number of allylic oxidation sites excluding steroid dienone is 2. The third-order valence-corrected chi connectivity index (χ3v) is 7.22. The number of carbonyl (C=O) groups is 1. The van der Waals surface area contributed by atoms with E-state index in [1.165, 1.54) is 44.9 Å². The summed E-state index contributed by atoms with van der Waals surface area (Å²) in [5, 5.41) is 0. The molecule has 0 aromatic heterocycles.